The Morgan fingerprint density at radius 3 is 2.76 bits per heavy atom. The Bertz CT molecular complexity index is 559. The summed E-state index contributed by atoms with van der Waals surface area (Å²) in [6, 6.07) is 5.23. The third-order valence-corrected chi connectivity index (χ3v) is 4.54. The topological polar surface area (TPSA) is 55.4 Å². The molecule has 0 spiro atoms. The van der Waals surface area contributed by atoms with Crippen molar-refractivity contribution in [2.45, 2.75) is 32.6 Å². The number of amides is 1. The SMILES string of the molecule is CC1CCC(C(=O)c2ccc3c(c2)C(=O)NCCO3)CC1. The summed E-state index contributed by atoms with van der Waals surface area (Å²) in [5.74, 6) is 1.41. The normalized spacial score (nSPS) is 25.3. The van der Waals surface area contributed by atoms with E-state index >= 15 is 0 Å². The second-order valence-corrected chi connectivity index (χ2v) is 6.14. The van der Waals surface area contributed by atoms with E-state index in [1.807, 2.05) is 0 Å². The van der Waals surface area contributed by atoms with Crippen molar-refractivity contribution in [1.29, 1.82) is 0 Å². The second-order valence-electron chi connectivity index (χ2n) is 6.14. The Hall–Kier alpha value is -1.84. The summed E-state index contributed by atoms with van der Waals surface area (Å²) in [5, 5.41) is 2.78. The highest BCUT2D eigenvalue weighted by Crippen LogP contribution is 2.31. The lowest BCUT2D eigenvalue weighted by Crippen LogP contribution is -2.25. The molecule has 1 amide bonds. The van der Waals surface area contributed by atoms with Gasteiger partial charge in [-0.3, -0.25) is 9.59 Å². The van der Waals surface area contributed by atoms with E-state index in [2.05, 4.69) is 12.2 Å². The zero-order chi connectivity index (χ0) is 14.8. The Labute approximate surface area is 124 Å². The molecular weight excluding hydrogens is 266 g/mol. The lowest BCUT2D eigenvalue weighted by atomic mass is 9.79. The summed E-state index contributed by atoms with van der Waals surface area (Å²) in [4.78, 5) is 24.6. The van der Waals surface area contributed by atoms with E-state index in [4.69, 9.17) is 4.74 Å². The Kier molecular flexibility index (Phi) is 3.95. The van der Waals surface area contributed by atoms with Crippen molar-refractivity contribution in [2.24, 2.45) is 11.8 Å². The Balaban J connectivity index is 1.83. The van der Waals surface area contributed by atoms with Crippen LogP contribution in [0, 0.1) is 11.8 Å². The highest BCUT2D eigenvalue weighted by molar-refractivity contribution is 6.03. The number of ether oxygens (including phenoxy) is 1. The van der Waals surface area contributed by atoms with Crippen LogP contribution in [-0.2, 0) is 0 Å². The summed E-state index contributed by atoms with van der Waals surface area (Å²) in [6.45, 7) is 3.20. The molecule has 112 valence electrons. The number of carbonyl (C=O) groups excluding carboxylic acids is 2. The highest BCUT2D eigenvalue weighted by atomic mass is 16.5. The fourth-order valence-corrected chi connectivity index (χ4v) is 3.17. The molecule has 1 fully saturated rings. The molecule has 1 aliphatic heterocycles. The van der Waals surface area contributed by atoms with Gasteiger partial charge < -0.3 is 10.1 Å². The van der Waals surface area contributed by atoms with Gasteiger partial charge in [-0.1, -0.05) is 19.8 Å². The van der Waals surface area contributed by atoms with Gasteiger partial charge in [-0.2, -0.15) is 0 Å². The Morgan fingerprint density at radius 2 is 2.00 bits per heavy atom. The second kappa shape index (κ2) is 5.88. The minimum absolute atomic E-state index is 0.106. The first-order valence-electron chi connectivity index (χ1n) is 7.74. The molecule has 1 aliphatic carbocycles. The fourth-order valence-electron chi connectivity index (χ4n) is 3.17. The van der Waals surface area contributed by atoms with Gasteiger partial charge in [-0.15, -0.1) is 0 Å². The number of benzene rings is 1. The number of nitrogens with one attached hydrogen (secondary N) is 1. The smallest absolute Gasteiger partial charge is 0.255 e. The van der Waals surface area contributed by atoms with Gasteiger partial charge in [0.25, 0.3) is 5.91 Å². The molecule has 0 aromatic heterocycles. The molecule has 0 saturated heterocycles. The largest absolute Gasteiger partial charge is 0.491 e. The number of carbonyl (C=O) groups is 2. The molecule has 0 unspecified atom stereocenters. The van der Waals surface area contributed by atoms with E-state index in [0.717, 1.165) is 31.6 Å². The minimum atomic E-state index is -0.158. The standard InChI is InChI=1S/C17H21NO3/c1-11-2-4-12(5-3-11)16(19)13-6-7-15-14(10-13)17(20)18-8-9-21-15/h6-7,10-12H,2-5,8-9H2,1H3,(H,18,20). The minimum Gasteiger partial charge on any atom is -0.491 e. The maximum Gasteiger partial charge on any atom is 0.255 e. The molecule has 4 heteroatoms. The quantitative estimate of drug-likeness (QED) is 0.851. The van der Waals surface area contributed by atoms with Crippen LogP contribution in [0.1, 0.15) is 53.3 Å². The summed E-state index contributed by atoms with van der Waals surface area (Å²) >= 11 is 0. The first kappa shape index (κ1) is 14.1. The van der Waals surface area contributed by atoms with Gasteiger partial charge in [0.2, 0.25) is 0 Å². The molecule has 1 heterocycles. The lowest BCUT2D eigenvalue weighted by molar-refractivity contribution is 0.0875. The van der Waals surface area contributed by atoms with Gasteiger partial charge >= 0.3 is 0 Å². The molecule has 1 aromatic carbocycles. The van der Waals surface area contributed by atoms with Crippen LogP contribution < -0.4 is 10.1 Å². The summed E-state index contributed by atoms with van der Waals surface area (Å²) in [5.41, 5.74) is 1.11. The number of ketones is 1. The van der Waals surface area contributed by atoms with Crippen LogP contribution in [0.2, 0.25) is 0 Å². The molecule has 21 heavy (non-hydrogen) atoms. The molecule has 0 radical (unpaired) electrons. The van der Waals surface area contributed by atoms with Crippen LogP contribution in [-0.4, -0.2) is 24.8 Å². The van der Waals surface area contributed by atoms with Gasteiger partial charge in [0.1, 0.15) is 12.4 Å². The monoisotopic (exact) mass is 287 g/mol. The van der Waals surface area contributed by atoms with Crippen molar-refractivity contribution in [1.82, 2.24) is 5.32 Å². The highest BCUT2D eigenvalue weighted by Gasteiger charge is 2.26. The van der Waals surface area contributed by atoms with Crippen molar-refractivity contribution in [3.8, 4) is 5.75 Å². The first-order chi connectivity index (χ1) is 10.1. The van der Waals surface area contributed by atoms with E-state index < -0.39 is 0 Å². The molecule has 1 aromatic rings. The zero-order valence-corrected chi connectivity index (χ0v) is 12.4. The average Bonchev–Trinajstić information content (AvgIpc) is 2.69. The van der Waals surface area contributed by atoms with Gasteiger partial charge in [0.05, 0.1) is 12.1 Å². The number of hydrogen-bond acceptors (Lipinski definition) is 3. The van der Waals surface area contributed by atoms with E-state index in [0.29, 0.717) is 30.0 Å². The predicted octanol–water partition coefficient (Wildman–Crippen LogP) is 2.82. The zero-order valence-electron chi connectivity index (χ0n) is 12.4. The van der Waals surface area contributed by atoms with Crippen LogP contribution in [0.4, 0.5) is 0 Å². The third-order valence-electron chi connectivity index (χ3n) is 4.54. The lowest BCUT2D eigenvalue weighted by Gasteiger charge is -2.25. The molecule has 0 atom stereocenters. The summed E-state index contributed by atoms with van der Waals surface area (Å²) in [7, 11) is 0. The van der Waals surface area contributed by atoms with Crippen molar-refractivity contribution in [3.63, 3.8) is 0 Å². The molecule has 3 rings (SSSR count). The van der Waals surface area contributed by atoms with Crippen LogP contribution in [0.3, 0.4) is 0 Å². The van der Waals surface area contributed by atoms with Gasteiger partial charge in [0.15, 0.2) is 5.78 Å². The summed E-state index contributed by atoms with van der Waals surface area (Å²) < 4.78 is 5.52. The number of rotatable bonds is 2. The van der Waals surface area contributed by atoms with Gasteiger partial charge in [0, 0.05) is 11.5 Å². The van der Waals surface area contributed by atoms with E-state index in [1.165, 1.54) is 0 Å². The maximum atomic E-state index is 12.6. The number of Topliss-reactive ketones (excluding diaryl/α,β-unsaturated/α-hetero) is 1. The van der Waals surface area contributed by atoms with E-state index in [-0.39, 0.29) is 17.6 Å². The molecule has 1 N–H and O–H groups in total. The van der Waals surface area contributed by atoms with Crippen molar-refractivity contribution < 1.29 is 14.3 Å². The molecule has 1 saturated carbocycles. The van der Waals surface area contributed by atoms with Crippen molar-refractivity contribution in [3.05, 3.63) is 29.3 Å². The number of fused-ring (bicyclic) bond motifs is 1. The van der Waals surface area contributed by atoms with Crippen molar-refractivity contribution >= 4 is 11.7 Å². The summed E-state index contributed by atoms with van der Waals surface area (Å²) in [6.07, 6.45) is 4.15. The first-order valence-corrected chi connectivity index (χ1v) is 7.74. The average molecular weight is 287 g/mol. The molecule has 4 nitrogen and oxygen atoms in total. The fraction of sp³-hybridized carbons (Fsp3) is 0.529. The molecular formula is C17H21NO3. The van der Waals surface area contributed by atoms with Crippen LogP contribution in [0.25, 0.3) is 0 Å². The maximum absolute atomic E-state index is 12.6. The van der Waals surface area contributed by atoms with E-state index in [9.17, 15) is 9.59 Å². The van der Waals surface area contributed by atoms with Crippen LogP contribution in [0.15, 0.2) is 18.2 Å². The van der Waals surface area contributed by atoms with Gasteiger partial charge in [-0.05, 0) is 37.0 Å². The predicted molar refractivity (Wildman–Crippen MR) is 79.7 cm³/mol. The number of hydrogen-bond donors (Lipinski definition) is 1. The van der Waals surface area contributed by atoms with Crippen LogP contribution >= 0.6 is 0 Å². The van der Waals surface area contributed by atoms with Crippen molar-refractivity contribution in [2.75, 3.05) is 13.2 Å². The molecule has 0 bridgehead atoms. The van der Waals surface area contributed by atoms with Crippen LogP contribution in [0.5, 0.6) is 5.75 Å². The third kappa shape index (κ3) is 2.94. The van der Waals surface area contributed by atoms with Gasteiger partial charge in [-0.25, -0.2) is 0 Å². The molecule has 2 aliphatic rings. The Morgan fingerprint density at radius 1 is 1.24 bits per heavy atom. The van der Waals surface area contributed by atoms with E-state index in [1.54, 1.807) is 18.2 Å².